The minimum absolute atomic E-state index is 0.322. The Morgan fingerprint density at radius 2 is 1.22 bits per heavy atom. The van der Waals surface area contributed by atoms with E-state index in [1.807, 2.05) is 66.7 Å². The van der Waals surface area contributed by atoms with Gasteiger partial charge in [0.05, 0.1) is 14.2 Å². The molecular weight excluding hydrogens is 471 g/mol. The molecule has 0 fully saturated rings. The maximum atomic E-state index is 14.6. The second-order valence-corrected chi connectivity index (χ2v) is 9.11. The fraction of sp³-hybridized carbons (Fsp3) is 0.167. The van der Waals surface area contributed by atoms with Crippen LogP contribution in [0.3, 0.4) is 0 Å². The first-order valence-corrected chi connectivity index (χ1v) is 12.6. The molecule has 0 aliphatic carbocycles. The van der Waals surface area contributed by atoms with Crippen molar-refractivity contribution in [3.05, 3.63) is 126 Å². The lowest BCUT2D eigenvalue weighted by Crippen LogP contribution is -2.28. The first-order chi connectivity index (χ1) is 17.6. The molecule has 0 bridgehead atoms. The third-order valence-electron chi connectivity index (χ3n) is 5.61. The van der Waals surface area contributed by atoms with Gasteiger partial charge in [-0.25, -0.2) is 9.38 Å². The summed E-state index contributed by atoms with van der Waals surface area (Å²) in [6.07, 6.45) is 0. The van der Waals surface area contributed by atoms with Crippen LogP contribution in [0.4, 0.5) is 10.1 Å². The zero-order chi connectivity index (χ0) is 25.2. The molecule has 4 aromatic carbocycles. The number of benzene rings is 4. The number of methoxy groups -OCH3 is 2. The summed E-state index contributed by atoms with van der Waals surface area (Å²) >= 11 is 1.60. The molecule has 0 saturated heterocycles. The van der Waals surface area contributed by atoms with E-state index < -0.39 is 0 Å². The highest BCUT2D eigenvalue weighted by molar-refractivity contribution is 8.13. The predicted octanol–water partition coefficient (Wildman–Crippen LogP) is 7.47. The number of rotatable bonds is 9. The highest BCUT2D eigenvalue weighted by Gasteiger charge is 2.16. The first-order valence-electron chi connectivity index (χ1n) is 11.7. The van der Waals surface area contributed by atoms with Gasteiger partial charge in [0.2, 0.25) is 0 Å². The number of hydrogen-bond donors (Lipinski definition) is 0. The van der Waals surface area contributed by atoms with Gasteiger partial charge in [-0.1, -0.05) is 78.5 Å². The van der Waals surface area contributed by atoms with Gasteiger partial charge in [0.15, 0.2) is 5.17 Å². The van der Waals surface area contributed by atoms with Crippen LogP contribution in [-0.4, -0.2) is 24.3 Å². The van der Waals surface area contributed by atoms with Crippen molar-refractivity contribution in [2.75, 3.05) is 14.2 Å². The van der Waals surface area contributed by atoms with Crippen molar-refractivity contribution in [2.45, 2.75) is 18.8 Å². The van der Waals surface area contributed by atoms with Crippen LogP contribution in [-0.2, 0) is 18.8 Å². The predicted molar refractivity (Wildman–Crippen MR) is 146 cm³/mol. The van der Waals surface area contributed by atoms with Crippen molar-refractivity contribution in [1.29, 1.82) is 0 Å². The van der Waals surface area contributed by atoms with Crippen LogP contribution < -0.4 is 9.47 Å². The molecule has 0 amide bonds. The number of thioether (sulfide) groups is 1. The molecule has 0 saturated carbocycles. The standard InChI is InChI=1S/C30H29FN2O2S/c1-34-26-16-12-23(13-17-26)20-33(21-24-14-18-27(35-2)19-15-24)30(32-29-11-7-6-10-28(29)31)36-22-25-8-4-3-5-9-25/h3-19H,20-22H2,1-2H3. The Hall–Kier alpha value is -3.77. The van der Waals surface area contributed by atoms with Crippen LogP contribution in [0.25, 0.3) is 0 Å². The number of amidine groups is 1. The monoisotopic (exact) mass is 500 g/mol. The molecule has 0 unspecified atom stereocenters. The maximum absolute atomic E-state index is 14.6. The highest BCUT2D eigenvalue weighted by atomic mass is 32.2. The van der Waals surface area contributed by atoms with Gasteiger partial charge in [-0.15, -0.1) is 0 Å². The van der Waals surface area contributed by atoms with Gasteiger partial charge in [-0.2, -0.15) is 0 Å². The van der Waals surface area contributed by atoms with E-state index in [0.29, 0.717) is 18.8 Å². The third-order valence-corrected chi connectivity index (χ3v) is 6.70. The Balaban J connectivity index is 1.69. The van der Waals surface area contributed by atoms with Gasteiger partial charge < -0.3 is 14.4 Å². The minimum Gasteiger partial charge on any atom is -0.497 e. The number of nitrogens with zero attached hydrogens (tertiary/aromatic N) is 2. The van der Waals surface area contributed by atoms with Gasteiger partial charge in [0, 0.05) is 18.8 Å². The summed E-state index contributed by atoms with van der Waals surface area (Å²) in [5, 5.41) is 0.746. The zero-order valence-electron chi connectivity index (χ0n) is 20.4. The lowest BCUT2D eigenvalue weighted by molar-refractivity contribution is 0.405. The van der Waals surface area contributed by atoms with E-state index in [2.05, 4.69) is 17.0 Å². The van der Waals surface area contributed by atoms with Crippen molar-refractivity contribution in [1.82, 2.24) is 4.90 Å². The number of ether oxygens (including phenoxy) is 2. The molecule has 0 atom stereocenters. The largest absolute Gasteiger partial charge is 0.497 e. The van der Waals surface area contributed by atoms with E-state index >= 15 is 0 Å². The lowest BCUT2D eigenvalue weighted by atomic mass is 10.1. The topological polar surface area (TPSA) is 34.1 Å². The number of aliphatic imine (C=N–C) groups is 1. The molecule has 184 valence electrons. The zero-order valence-corrected chi connectivity index (χ0v) is 21.2. The molecule has 4 aromatic rings. The van der Waals surface area contributed by atoms with E-state index in [1.165, 1.54) is 11.6 Å². The van der Waals surface area contributed by atoms with E-state index in [0.717, 1.165) is 33.5 Å². The summed E-state index contributed by atoms with van der Waals surface area (Å²) in [4.78, 5) is 7.00. The molecule has 0 heterocycles. The molecule has 0 aliphatic heterocycles. The number of hydrogen-bond acceptors (Lipinski definition) is 4. The van der Waals surface area contributed by atoms with Crippen LogP contribution in [0.1, 0.15) is 16.7 Å². The Kier molecular flexibility index (Phi) is 9.00. The van der Waals surface area contributed by atoms with Gasteiger partial charge in [0.1, 0.15) is 23.0 Å². The van der Waals surface area contributed by atoms with Crippen LogP contribution in [0.5, 0.6) is 11.5 Å². The van der Waals surface area contributed by atoms with Crippen molar-refractivity contribution in [3.8, 4) is 11.5 Å². The van der Waals surface area contributed by atoms with Crippen molar-refractivity contribution >= 4 is 22.6 Å². The van der Waals surface area contributed by atoms with Crippen molar-refractivity contribution < 1.29 is 13.9 Å². The highest BCUT2D eigenvalue weighted by Crippen LogP contribution is 2.26. The molecule has 6 heteroatoms. The van der Waals surface area contributed by atoms with Gasteiger partial charge in [-0.3, -0.25) is 0 Å². The summed E-state index contributed by atoms with van der Waals surface area (Å²) in [5.74, 6) is 1.98. The van der Waals surface area contributed by atoms with E-state index in [4.69, 9.17) is 14.5 Å². The Labute approximate surface area is 216 Å². The fourth-order valence-electron chi connectivity index (χ4n) is 3.66. The molecule has 0 spiro atoms. The van der Waals surface area contributed by atoms with E-state index in [9.17, 15) is 4.39 Å². The van der Waals surface area contributed by atoms with Crippen LogP contribution in [0.2, 0.25) is 0 Å². The summed E-state index contributed by atoms with van der Waals surface area (Å²) in [6, 6.07) is 32.8. The Bertz CT molecular complexity index is 1210. The smallest absolute Gasteiger partial charge is 0.165 e. The van der Waals surface area contributed by atoms with Crippen molar-refractivity contribution in [2.24, 2.45) is 4.99 Å². The van der Waals surface area contributed by atoms with Crippen LogP contribution in [0.15, 0.2) is 108 Å². The Morgan fingerprint density at radius 3 is 1.75 bits per heavy atom. The normalized spacial score (nSPS) is 11.2. The summed E-state index contributed by atoms with van der Waals surface area (Å²) < 4.78 is 25.3. The SMILES string of the molecule is COc1ccc(CN(Cc2ccc(OC)cc2)C(=Nc2ccccc2F)SCc2ccccc2)cc1. The maximum Gasteiger partial charge on any atom is 0.165 e. The molecule has 4 rings (SSSR count). The molecule has 0 radical (unpaired) electrons. The number of para-hydroxylation sites is 1. The van der Waals surface area contributed by atoms with Crippen molar-refractivity contribution in [3.63, 3.8) is 0 Å². The Morgan fingerprint density at radius 1 is 0.694 bits per heavy atom. The quantitative estimate of drug-likeness (QED) is 0.176. The van der Waals surface area contributed by atoms with Gasteiger partial charge in [0.25, 0.3) is 0 Å². The fourth-order valence-corrected chi connectivity index (χ4v) is 4.62. The second kappa shape index (κ2) is 12.8. The molecule has 0 aromatic heterocycles. The minimum atomic E-state index is -0.343. The molecule has 0 aliphatic rings. The number of halogens is 1. The van der Waals surface area contributed by atoms with Gasteiger partial charge in [-0.05, 0) is 53.1 Å². The first kappa shape index (κ1) is 25.3. The van der Waals surface area contributed by atoms with E-state index in [-0.39, 0.29) is 5.82 Å². The molecule has 4 nitrogen and oxygen atoms in total. The molecular formula is C30H29FN2O2S. The van der Waals surface area contributed by atoms with Gasteiger partial charge >= 0.3 is 0 Å². The molecule has 0 N–H and O–H groups in total. The van der Waals surface area contributed by atoms with Crippen LogP contribution >= 0.6 is 11.8 Å². The second-order valence-electron chi connectivity index (χ2n) is 8.17. The average Bonchev–Trinajstić information content (AvgIpc) is 2.93. The average molecular weight is 501 g/mol. The van der Waals surface area contributed by atoms with E-state index in [1.54, 1.807) is 44.2 Å². The molecule has 36 heavy (non-hydrogen) atoms. The summed E-state index contributed by atoms with van der Waals surface area (Å²) in [7, 11) is 3.31. The summed E-state index contributed by atoms with van der Waals surface area (Å²) in [6.45, 7) is 1.20. The lowest BCUT2D eigenvalue weighted by Gasteiger charge is -2.26. The summed E-state index contributed by atoms with van der Waals surface area (Å²) in [5.41, 5.74) is 3.71. The van der Waals surface area contributed by atoms with Crippen LogP contribution in [0, 0.1) is 5.82 Å². The third kappa shape index (κ3) is 7.12.